The highest BCUT2D eigenvalue weighted by Crippen LogP contribution is 2.30. The van der Waals surface area contributed by atoms with Crippen molar-refractivity contribution in [2.24, 2.45) is 4.99 Å². The van der Waals surface area contributed by atoms with Gasteiger partial charge in [-0.05, 0) is 42.8 Å². The lowest BCUT2D eigenvalue weighted by Gasteiger charge is -2.31. The Morgan fingerprint density at radius 1 is 1.22 bits per heavy atom. The molecule has 2 aromatic heterocycles. The molecule has 0 spiro atoms. The van der Waals surface area contributed by atoms with Crippen molar-refractivity contribution in [1.29, 1.82) is 5.26 Å². The number of benzene rings is 2. The molecule has 0 radical (unpaired) electrons. The molecule has 1 aliphatic rings. The van der Waals surface area contributed by atoms with Crippen LogP contribution in [-0.4, -0.2) is 64.7 Å². The van der Waals surface area contributed by atoms with Crippen molar-refractivity contribution in [3.63, 3.8) is 0 Å². The van der Waals surface area contributed by atoms with E-state index in [2.05, 4.69) is 16.2 Å². The van der Waals surface area contributed by atoms with Gasteiger partial charge in [-0.1, -0.05) is 18.2 Å². The molecule has 36 heavy (non-hydrogen) atoms. The van der Waals surface area contributed by atoms with Crippen LogP contribution >= 0.6 is 0 Å². The Hall–Kier alpha value is -4.55. The van der Waals surface area contributed by atoms with Gasteiger partial charge in [0.25, 0.3) is 5.91 Å². The topological polar surface area (TPSA) is 105 Å². The van der Waals surface area contributed by atoms with Gasteiger partial charge < -0.3 is 14.4 Å². The van der Waals surface area contributed by atoms with E-state index in [0.717, 1.165) is 16.7 Å². The first-order valence-electron chi connectivity index (χ1n) is 11.5. The SMILES string of the molecule is COC=Nc1cc(-c2ccn3ncc(-c4ccc(C#N)cc4)c3n2)ccc1C(=O)N1CCO[C@H](C)C1. The maximum absolute atomic E-state index is 13.3. The molecule has 4 aromatic rings. The molecular weight excluding hydrogens is 456 g/mol. The number of hydrogen-bond donors (Lipinski definition) is 0. The van der Waals surface area contributed by atoms with Crippen LogP contribution in [0.4, 0.5) is 5.69 Å². The van der Waals surface area contributed by atoms with Crippen molar-refractivity contribution in [2.75, 3.05) is 26.8 Å². The van der Waals surface area contributed by atoms with Crippen molar-refractivity contribution in [3.05, 3.63) is 72.1 Å². The van der Waals surface area contributed by atoms with Gasteiger partial charge in [0.1, 0.15) is 0 Å². The monoisotopic (exact) mass is 480 g/mol. The van der Waals surface area contributed by atoms with Crippen LogP contribution in [0.25, 0.3) is 28.0 Å². The summed E-state index contributed by atoms with van der Waals surface area (Å²) in [4.78, 5) is 24.3. The minimum Gasteiger partial charge on any atom is -0.486 e. The van der Waals surface area contributed by atoms with Crippen molar-refractivity contribution < 1.29 is 14.3 Å². The van der Waals surface area contributed by atoms with Crippen LogP contribution < -0.4 is 0 Å². The maximum atomic E-state index is 13.3. The number of amides is 1. The zero-order valence-corrected chi connectivity index (χ0v) is 20.0. The summed E-state index contributed by atoms with van der Waals surface area (Å²) >= 11 is 0. The van der Waals surface area contributed by atoms with Gasteiger partial charge >= 0.3 is 0 Å². The number of hydrogen-bond acceptors (Lipinski definition) is 7. The van der Waals surface area contributed by atoms with Crippen LogP contribution in [-0.2, 0) is 9.47 Å². The molecule has 1 atom stereocenters. The van der Waals surface area contributed by atoms with E-state index >= 15 is 0 Å². The molecule has 1 amide bonds. The van der Waals surface area contributed by atoms with Crippen LogP contribution in [0.3, 0.4) is 0 Å². The highest BCUT2D eigenvalue weighted by Gasteiger charge is 2.24. The summed E-state index contributed by atoms with van der Waals surface area (Å²) < 4.78 is 12.3. The molecule has 2 aromatic carbocycles. The van der Waals surface area contributed by atoms with Gasteiger partial charge in [-0.3, -0.25) is 4.79 Å². The fourth-order valence-corrected chi connectivity index (χ4v) is 4.22. The van der Waals surface area contributed by atoms with E-state index in [1.54, 1.807) is 33.8 Å². The average molecular weight is 481 g/mol. The Morgan fingerprint density at radius 2 is 2.03 bits per heavy atom. The first kappa shape index (κ1) is 23.2. The summed E-state index contributed by atoms with van der Waals surface area (Å²) in [5.74, 6) is -0.0951. The van der Waals surface area contributed by atoms with Crippen LogP contribution in [0.1, 0.15) is 22.8 Å². The Labute approximate surface area is 208 Å². The lowest BCUT2D eigenvalue weighted by Crippen LogP contribution is -2.44. The number of nitrogens with zero attached hydrogens (tertiary/aromatic N) is 6. The number of morpholine rings is 1. The fourth-order valence-electron chi connectivity index (χ4n) is 4.22. The molecule has 0 unspecified atom stereocenters. The van der Waals surface area contributed by atoms with E-state index in [1.807, 2.05) is 43.5 Å². The van der Waals surface area contributed by atoms with E-state index in [-0.39, 0.29) is 12.0 Å². The second-order valence-electron chi connectivity index (χ2n) is 8.46. The number of ether oxygens (including phenoxy) is 2. The molecule has 1 saturated heterocycles. The third-order valence-corrected chi connectivity index (χ3v) is 6.04. The number of fused-ring (bicyclic) bond motifs is 1. The van der Waals surface area contributed by atoms with Gasteiger partial charge in [0, 0.05) is 30.4 Å². The highest BCUT2D eigenvalue weighted by molar-refractivity contribution is 6.00. The Kier molecular flexibility index (Phi) is 6.43. The van der Waals surface area contributed by atoms with Crippen molar-refractivity contribution in [1.82, 2.24) is 19.5 Å². The predicted octanol–water partition coefficient (Wildman–Crippen LogP) is 4.10. The number of aromatic nitrogens is 3. The summed E-state index contributed by atoms with van der Waals surface area (Å²) in [6.07, 6.45) is 4.91. The van der Waals surface area contributed by atoms with Crippen LogP contribution in [0, 0.1) is 11.3 Å². The number of carbonyl (C=O) groups is 1. The Balaban J connectivity index is 1.53. The smallest absolute Gasteiger partial charge is 0.256 e. The van der Waals surface area contributed by atoms with Gasteiger partial charge in [0.15, 0.2) is 12.0 Å². The molecule has 0 aliphatic carbocycles. The molecule has 3 heterocycles. The lowest BCUT2D eigenvalue weighted by molar-refractivity contribution is -0.0123. The largest absolute Gasteiger partial charge is 0.486 e. The second kappa shape index (κ2) is 9.98. The average Bonchev–Trinajstić information content (AvgIpc) is 3.34. The van der Waals surface area contributed by atoms with Crippen LogP contribution in [0.15, 0.2) is 65.9 Å². The number of rotatable bonds is 5. The molecule has 0 N–H and O–H groups in total. The van der Waals surface area contributed by atoms with E-state index in [0.29, 0.717) is 47.9 Å². The van der Waals surface area contributed by atoms with E-state index in [4.69, 9.17) is 19.7 Å². The van der Waals surface area contributed by atoms with Gasteiger partial charge in [0.2, 0.25) is 0 Å². The molecule has 9 nitrogen and oxygen atoms in total. The normalized spacial score (nSPS) is 15.8. The summed E-state index contributed by atoms with van der Waals surface area (Å²) in [5, 5.41) is 13.5. The van der Waals surface area contributed by atoms with E-state index < -0.39 is 0 Å². The van der Waals surface area contributed by atoms with Crippen LogP contribution in [0.2, 0.25) is 0 Å². The molecule has 180 valence electrons. The fraction of sp³-hybridized carbons (Fsp3) is 0.222. The van der Waals surface area contributed by atoms with Crippen molar-refractivity contribution >= 4 is 23.6 Å². The standard InChI is InChI=1S/C27H24N6O3/c1-18-16-32(11-12-36-18)27(34)22-8-7-21(13-25(22)29-17-35-2)24-9-10-33-26(31-24)23(15-30-33)20-5-3-19(14-28)4-6-20/h3-10,13,15,17-18H,11-12,16H2,1-2H3/t18-/m1/s1. The summed E-state index contributed by atoms with van der Waals surface area (Å²) in [5.41, 5.74) is 5.55. The Bertz CT molecular complexity index is 1490. The van der Waals surface area contributed by atoms with Crippen LogP contribution in [0.5, 0.6) is 0 Å². The highest BCUT2D eigenvalue weighted by atomic mass is 16.5. The van der Waals surface area contributed by atoms with E-state index in [9.17, 15) is 4.79 Å². The number of carbonyl (C=O) groups excluding carboxylic acids is 1. The number of methoxy groups -OCH3 is 1. The first-order valence-corrected chi connectivity index (χ1v) is 11.5. The van der Waals surface area contributed by atoms with Crippen molar-refractivity contribution in [3.8, 4) is 28.5 Å². The molecule has 9 heteroatoms. The van der Waals surface area contributed by atoms with Gasteiger partial charge in [0.05, 0.1) is 54.6 Å². The van der Waals surface area contributed by atoms with E-state index in [1.165, 1.54) is 13.5 Å². The first-order chi connectivity index (χ1) is 17.6. The minimum absolute atomic E-state index is 0.00946. The lowest BCUT2D eigenvalue weighted by atomic mass is 10.0. The van der Waals surface area contributed by atoms with Gasteiger partial charge in [-0.25, -0.2) is 14.5 Å². The van der Waals surface area contributed by atoms with Crippen molar-refractivity contribution in [2.45, 2.75) is 13.0 Å². The summed E-state index contributed by atoms with van der Waals surface area (Å²) in [6, 6.07) is 16.8. The second-order valence-corrected chi connectivity index (χ2v) is 8.46. The predicted molar refractivity (Wildman–Crippen MR) is 135 cm³/mol. The number of nitriles is 1. The van der Waals surface area contributed by atoms with Gasteiger partial charge in [-0.15, -0.1) is 0 Å². The number of aliphatic imine (C=N–C) groups is 1. The zero-order valence-electron chi connectivity index (χ0n) is 20.0. The minimum atomic E-state index is -0.0951. The zero-order chi connectivity index (χ0) is 25.1. The third-order valence-electron chi connectivity index (χ3n) is 6.04. The summed E-state index contributed by atoms with van der Waals surface area (Å²) in [7, 11) is 1.51. The molecule has 0 bridgehead atoms. The molecule has 1 aliphatic heterocycles. The third kappa shape index (κ3) is 4.54. The Morgan fingerprint density at radius 3 is 2.78 bits per heavy atom. The molecule has 5 rings (SSSR count). The van der Waals surface area contributed by atoms with Gasteiger partial charge in [-0.2, -0.15) is 10.4 Å². The summed E-state index contributed by atoms with van der Waals surface area (Å²) in [6.45, 7) is 3.54. The molecular formula is C27H24N6O3. The molecule has 0 saturated carbocycles. The quantitative estimate of drug-likeness (QED) is 0.315. The maximum Gasteiger partial charge on any atom is 0.256 e. The molecule has 1 fully saturated rings.